The largest absolute Gasteiger partial charge is 0.469 e. The Bertz CT molecular complexity index is 645. The number of methoxy groups -OCH3 is 1. The van der Waals surface area contributed by atoms with E-state index in [1.54, 1.807) is 0 Å². The Morgan fingerprint density at radius 1 is 1.00 bits per heavy atom. The first kappa shape index (κ1) is 22.6. The van der Waals surface area contributed by atoms with Crippen molar-refractivity contribution in [2.45, 2.75) is 104 Å². The molecule has 0 aromatic rings. The van der Waals surface area contributed by atoms with Crippen molar-refractivity contribution < 1.29 is 19.7 Å². The Balaban J connectivity index is 1.52. The molecule has 4 aliphatic rings. The molecule has 8 atom stereocenters. The predicted octanol–water partition coefficient (Wildman–Crippen LogP) is 5.31. The van der Waals surface area contributed by atoms with Gasteiger partial charge in [0, 0.05) is 19.3 Å². The summed E-state index contributed by atoms with van der Waals surface area (Å²) in [5, 5.41) is 20.9. The zero-order chi connectivity index (χ0) is 21.7. The van der Waals surface area contributed by atoms with Crippen LogP contribution >= 0.6 is 0 Å². The molecule has 0 aromatic heterocycles. The minimum absolute atomic E-state index is 0.0726. The van der Waals surface area contributed by atoms with Crippen LogP contribution in [0.2, 0.25) is 0 Å². The molecule has 0 spiro atoms. The maximum Gasteiger partial charge on any atom is 0.305 e. The van der Waals surface area contributed by atoms with Gasteiger partial charge in [-0.15, -0.1) is 0 Å². The quantitative estimate of drug-likeness (QED) is 0.467. The number of carbonyl (C=O) groups excluding carboxylic acids is 1. The third-order valence-corrected chi connectivity index (χ3v) is 10.8. The Kier molecular flexibility index (Phi) is 6.07. The highest BCUT2D eigenvalue weighted by Gasteiger charge is 2.62. The van der Waals surface area contributed by atoms with Crippen LogP contribution in [0.5, 0.6) is 0 Å². The molecule has 4 rings (SSSR count). The molecule has 0 radical (unpaired) electrons. The van der Waals surface area contributed by atoms with Gasteiger partial charge >= 0.3 is 5.97 Å². The molecular formula is C26H44O4. The summed E-state index contributed by atoms with van der Waals surface area (Å²) in [7, 11) is 1.49. The van der Waals surface area contributed by atoms with E-state index in [0.29, 0.717) is 36.5 Å². The average molecular weight is 421 g/mol. The van der Waals surface area contributed by atoms with E-state index in [1.165, 1.54) is 39.2 Å². The average Bonchev–Trinajstić information content (AvgIpc) is 3.04. The third kappa shape index (κ3) is 3.64. The van der Waals surface area contributed by atoms with Crippen molar-refractivity contribution in [3.05, 3.63) is 0 Å². The molecule has 172 valence electrons. The lowest BCUT2D eigenvalue weighted by molar-refractivity contribution is -0.244. The Labute approximate surface area is 183 Å². The molecule has 0 amide bonds. The van der Waals surface area contributed by atoms with Crippen LogP contribution in [0.4, 0.5) is 0 Å². The molecule has 2 N–H and O–H groups in total. The maximum atomic E-state index is 11.6. The SMILES string of the molecule is CC[C@H]1CC2C3CCC(CCCC(=O)OC)C3(C)CC[C@@H]2C2(C)CCC(O)(O)CC12. The van der Waals surface area contributed by atoms with E-state index in [-0.39, 0.29) is 11.4 Å². The van der Waals surface area contributed by atoms with Gasteiger partial charge in [-0.3, -0.25) is 4.79 Å². The second kappa shape index (κ2) is 8.06. The second-order valence-corrected chi connectivity index (χ2v) is 11.9. The summed E-state index contributed by atoms with van der Waals surface area (Å²) in [4.78, 5) is 11.6. The number of esters is 1. The highest BCUT2D eigenvalue weighted by molar-refractivity contribution is 5.68. The van der Waals surface area contributed by atoms with Crippen molar-refractivity contribution in [3.63, 3.8) is 0 Å². The second-order valence-electron chi connectivity index (χ2n) is 11.9. The van der Waals surface area contributed by atoms with Gasteiger partial charge in [0.1, 0.15) is 0 Å². The van der Waals surface area contributed by atoms with Gasteiger partial charge in [0.15, 0.2) is 5.79 Å². The normalized spacial score (nSPS) is 47.1. The van der Waals surface area contributed by atoms with Gasteiger partial charge in [-0.25, -0.2) is 0 Å². The van der Waals surface area contributed by atoms with E-state index in [9.17, 15) is 15.0 Å². The first-order valence-corrected chi connectivity index (χ1v) is 12.7. The number of carbonyl (C=O) groups is 1. The molecule has 0 aliphatic heterocycles. The fourth-order valence-corrected chi connectivity index (χ4v) is 9.09. The highest BCUT2D eigenvalue weighted by Crippen LogP contribution is 2.69. The summed E-state index contributed by atoms with van der Waals surface area (Å²) in [5.74, 6) is 2.64. The summed E-state index contributed by atoms with van der Waals surface area (Å²) in [6, 6.07) is 0. The topological polar surface area (TPSA) is 66.8 Å². The van der Waals surface area contributed by atoms with Crippen LogP contribution in [0.3, 0.4) is 0 Å². The van der Waals surface area contributed by atoms with Crippen molar-refractivity contribution >= 4 is 5.97 Å². The van der Waals surface area contributed by atoms with Crippen molar-refractivity contribution in [3.8, 4) is 0 Å². The molecule has 4 saturated carbocycles. The van der Waals surface area contributed by atoms with Crippen LogP contribution in [0, 0.1) is 46.3 Å². The van der Waals surface area contributed by atoms with Crippen LogP contribution in [0.15, 0.2) is 0 Å². The van der Waals surface area contributed by atoms with Crippen LogP contribution in [-0.2, 0) is 9.53 Å². The van der Waals surface area contributed by atoms with Gasteiger partial charge in [0.25, 0.3) is 0 Å². The summed E-state index contributed by atoms with van der Waals surface area (Å²) in [5.41, 5.74) is 0.689. The van der Waals surface area contributed by atoms with Crippen LogP contribution in [-0.4, -0.2) is 29.1 Å². The van der Waals surface area contributed by atoms with Crippen LogP contribution in [0.1, 0.15) is 97.8 Å². The van der Waals surface area contributed by atoms with Crippen molar-refractivity contribution in [1.82, 2.24) is 0 Å². The highest BCUT2D eigenvalue weighted by atomic mass is 16.5. The molecule has 4 heteroatoms. The zero-order valence-electron chi connectivity index (χ0n) is 19.7. The number of ether oxygens (including phenoxy) is 1. The fraction of sp³-hybridized carbons (Fsp3) is 0.962. The van der Waals surface area contributed by atoms with Crippen LogP contribution < -0.4 is 0 Å². The van der Waals surface area contributed by atoms with Gasteiger partial charge in [-0.05, 0) is 97.7 Å². The van der Waals surface area contributed by atoms with E-state index < -0.39 is 5.79 Å². The van der Waals surface area contributed by atoms with Crippen LogP contribution in [0.25, 0.3) is 0 Å². The lowest BCUT2D eigenvalue weighted by atomic mass is 9.42. The lowest BCUT2D eigenvalue weighted by Gasteiger charge is -2.63. The number of fused-ring (bicyclic) bond motifs is 5. The number of hydrogen-bond donors (Lipinski definition) is 2. The summed E-state index contributed by atoms with van der Waals surface area (Å²) < 4.78 is 4.84. The first-order valence-electron chi connectivity index (χ1n) is 12.7. The van der Waals surface area contributed by atoms with Gasteiger partial charge in [0.05, 0.1) is 7.11 Å². The molecule has 4 nitrogen and oxygen atoms in total. The first-order chi connectivity index (χ1) is 14.1. The molecular weight excluding hydrogens is 376 g/mol. The molecule has 30 heavy (non-hydrogen) atoms. The molecule has 0 heterocycles. The Morgan fingerprint density at radius 3 is 2.43 bits per heavy atom. The summed E-state index contributed by atoms with van der Waals surface area (Å²) >= 11 is 0. The Morgan fingerprint density at radius 2 is 1.73 bits per heavy atom. The molecule has 0 aromatic carbocycles. The smallest absolute Gasteiger partial charge is 0.305 e. The Hall–Kier alpha value is -0.610. The number of hydrogen-bond acceptors (Lipinski definition) is 4. The molecule has 0 saturated heterocycles. The monoisotopic (exact) mass is 420 g/mol. The standard InChI is InChI=1S/C26H44O4/c1-5-17-15-19-20-10-9-18(7-6-8-23(27)30-4)24(20,2)12-11-21(19)25(3)13-14-26(28,29)16-22(17)25/h17-22,28-29H,5-16H2,1-4H3/t17-,18?,19?,20?,21-,22?,24?,25?/m0/s1. The van der Waals surface area contributed by atoms with Gasteiger partial charge in [-0.1, -0.05) is 27.2 Å². The third-order valence-electron chi connectivity index (χ3n) is 10.8. The van der Waals surface area contributed by atoms with Gasteiger partial charge < -0.3 is 14.9 Å². The van der Waals surface area contributed by atoms with Crippen molar-refractivity contribution in [2.75, 3.05) is 7.11 Å². The van der Waals surface area contributed by atoms with E-state index in [2.05, 4.69) is 20.8 Å². The van der Waals surface area contributed by atoms with E-state index >= 15 is 0 Å². The maximum absolute atomic E-state index is 11.6. The predicted molar refractivity (Wildman–Crippen MR) is 117 cm³/mol. The molecule has 0 bridgehead atoms. The summed E-state index contributed by atoms with van der Waals surface area (Å²) in [6.45, 7) is 7.37. The van der Waals surface area contributed by atoms with Gasteiger partial charge in [-0.2, -0.15) is 0 Å². The number of aliphatic hydroxyl groups is 2. The fourth-order valence-electron chi connectivity index (χ4n) is 9.09. The summed E-state index contributed by atoms with van der Waals surface area (Å²) in [6.07, 6.45) is 12.5. The van der Waals surface area contributed by atoms with Crippen molar-refractivity contribution in [1.29, 1.82) is 0 Å². The number of rotatable bonds is 5. The minimum atomic E-state index is -1.45. The molecule has 4 aliphatic carbocycles. The molecule has 4 fully saturated rings. The lowest BCUT2D eigenvalue weighted by Crippen LogP contribution is -2.58. The minimum Gasteiger partial charge on any atom is -0.469 e. The van der Waals surface area contributed by atoms with Gasteiger partial charge in [0.2, 0.25) is 0 Å². The molecule has 6 unspecified atom stereocenters. The van der Waals surface area contributed by atoms with E-state index in [1.807, 2.05) is 0 Å². The van der Waals surface area contributed by atoms with Crippen molar-refractivity contribution in [2.24, 2.45) is 46.3 Å². The van der Waals surface area contributed by atoms with E-state index in [4.69, 9.17) is 4.74 Å². The zero-order valence-corrected chi connectivity index (χ0v) is 19.7. The van der Waals surface area contributed by atoms with E-state index in [0.717, 1.165) is 49.4 Å².